The van der Waals surface area contributed by atoms with Gasteiger partial charge in [0, 0.05) is 16.3 Å². The van der Waals surface area contributed by atoms with Gasteiger partial charge in [-0.15, -0.1) is 10.2 Å². The zero-order chi connectivity index (χ0) is 18.5. The number of hydrogen-bond donors (Lipinski definition) is 2. The molecule has 2 N–H and O–H groups in total. The van der Waals surface area contributed by atoms with Gasteiger partial charge in [-0.05, 0) is 37.3 Å². The summed E-state index contributed by atoms with van der Waals surface area (Å²) in [4.78, 5) is 24.3. The first-order chi connectivity index (χ1) is 12.5. The van der Waals surface area contributed by atoms with Crippen LogP contribution >= 0.6 is 22.9 Å². The van der Waals surface area contributed by atoms with Crippen molar-refractivity contribution >= 4 is 40.4 Å². The molecular formula is C18H15ClN4O2S. The number of halogens is 1. The van der Waals surface area contributed by atoms with Crippen LogP contribution < -0.4 is 10.6 Å². The third-order valence-electron chi connectivity index (χ3n) is 3.46. The molecule has 8 heteroatoms. The third kappa shape index (κ3) is 4.65. The smallest absolute Gasteiger partial charge is 0.286 e. The van der Waals surface area contributed by atoms with Gasteiger partial charge < -0.3 is 10.6 Å². The van der Waals surface area contributed by atoms with E-state index in [1.807, 2.05) is 19.1 Å². The Labute approximate surface area is 159 Å². The number of amides is 2. The van der Waals surface area contributed by atoms with E-state index in [-0.39, 0.29) is 23.4 Å². The van der Waals surface area contributed by atoms with Gasteiger partial charge in [0.15, 0.2) is 0 Å². The van der Waals surface area contributed by atoms with Crippen LogP contribution in [0.15, 0.2) is 48.5 Å². The number of carbonyl (C=O) groups excluding carboxylic acids is 2. The Morgan fingerprint density at radius 1 is 1.08 bits per heavy atom. The quantitative estimate of drug-likeness (QED) is 0.700. The second-order valence-electron chi connectivity index (χ2n) is 5.51. The Bertz CT molecular complexity index is 940. The molecule has 0 bridgehead atoms. The van der Waals surface area contributed by atoms with Crippen LogP contribution in [0.2, 0.25) is 5.02 Å². The first kappa shape index (κ1) is 18.0. The molecule has 132 valence electrons. The van der Waals surface area contributed by atoms with Gasteiger partial charge in [-0.1, -0.05) is 46.7 Å². The predicted molar refractivity (Wildman–Crippen MR) is 102 cm³/mol. The van der Waals surface area contributed by atoms with Crippen LogP contribution in [0.5, 0.6) is 0 Å². The molecule has 0 aliphatic heterocycles. The molecular weight excluding hydrogens is 372 g/mol. The molecule has 0 radical (unpaired) electrons. The lowest BCUT2D eigenvalue weighted by Crippen LogP contribution is -2.22. The number of nitrogens with one attached hydrogen (secondary N) is 2. The van der Waals surface area contributed by atoms with E-state index >= 15 is 0 Å². The van der Waals surface area contributed by atoms with Crippen molar-refractivity contribution in [2.45, 2.75) is 13.5 Å². The molecule has 6 nitrogen and oxygen atoms in total. The second-order valence-corrected chi connectivity index (χ2v) is 7.01. The highest BCUT2D eigenvalue weighted by Gasteiger charge is 2.14. The fraction of sp³-hybridized carbons (Fsp3) is 0.111. The normalized spacial score (nSPS) is 10.4. The molecule has 0 saturated heterocycles. The van der Waals surface area contributed by atoms with Crippen LogP contribution in [-0.4, -0.2) is 22.0 Å². The van der Waals surface area contributed by atoms with Crippen LogP contribution in [0.25, 0.3) is 0 Å². The molecule has 3 rings (SSSR count). The Morgan fingerprint density at radius 3 is 2.58 bits per heavy atom. The van der Waals surface area contributed by atoms with Crippen molar-refractivity contribution in [2.24, 2.45) is 0 Å². The Balaban J connectivity index is 1.58. The number of carbonyl (C=O) groups is 2. The van der Waals surface area contributed by atoms with Crippen molar-refractivity contribution in [3.8, 4) is 0 Å². The minimum absolute atomic E-state index is 0.203. The molecule has 26 heavy (non-hydrogen) atoms. The van der Waals surface area contributed by atoms with Gasteiger partial charge >= 0.3 is 0 Å². The number of aryl methyl sites for hydroxylation is 1. The summed E-state index contributed by atoms with van der Waals surface area (Å²) < 4.78 is 0. The van der Waals surface area contributed by atoms with Crippen LogP contribution in [0.1, 0.15) is 30.7 Å². The van der Waals surface area contributed by atoms with Gasteiger partial charge in [-0.2, -0.15) is 0 Å². The molecule has 2 amide bonds. The monoisotopic (exact) mass is 386 g/mol. The summed E-state index contributed by atoms with van der Waals surface area (Å²) >= 11 is 7.01. The zero-order valence-electron chi connectivity index (χ0n) is 13.8. The van der Waals surface area contributed by atoms with E-state index < -0.39 is 0 Å². The lowest BCUT2D eigenvalue weighted by atomic mass is 10.1. The summed E-state index contributed by atoms with van der Waals surface area (Å²) in [7, 11) is 0. The van der Waals surface area contributed by atoms with E-state index in [9.17, 15) is 9.59 Å². The Hall–Kier alpha value is -2.77. The minimum Gasteiger partial charge on any atom is -0.345 e. The largest absolute Gasteiger partial charge is 0.345 e. The third-order valence-corrected chi connectivity index (χ3v) is 4.61. The van der Waals surface area contributed by atoms with Crippen LogP contribution in [-0.2, 0) is 6.54 Å². The number of nitrogens with zero attached hydrogens (tertiary/aromatic N) is 2. The van der Waals surface area contributed by atoms with E-state index in [0.717, 1.165) is 16.9 Å². The highest BCUT2D eigenvalue weighted by Crippen LogP contribution is 2.17. The van der Waals surface area contributed by atoms with Gasteiger partial charge in [0.1, 0.15) is 5.01 Å². The lowest BCUT2D eigenvalue weighted by molar-refractivity contribution is 0.0950. The highest BCUT2D eigenvalue weighted by molar-refractivity contribution is 7.13. The zero-order valence-corrected chi connectivity index (χ0v) is 15.4. The molecule has 0 fully saturated rings. The summed E-state index contributed by atoms with van der Waals surface area (Å²) in [6.07, 6.45) is 0. The van der Waals surface area contributed by atoms with Gasteiger partial charge in [-0.3, -0.25) is 9.59 Å². The molecule has 0 aliphatic carbocycles. The summed E-state index contributed by atoms with van der Waals surface area (Å²) in [5.74, 6) is -0.578. The molecule has 2 aromatic carbocycles. The Morgan fingerprint density at radius 2 is 1.85 bits per heavy atom. The summed E-state index contributed by atoms with van der Waals surface area (Å²) in [6.45, 7) is 2.16. The van der Waals surface area contributed by atoms with Crippen molar-refractivity contribution in [3.05, 3.63) is 74.7 Å². The van der Waals surface area contributed by atoms with Crippen molar-refractivity contribution in [2.75, 3.05) is 5.32 Å². The number of benzene rings is 2. The average Bonchev–Trinajstić information content (AvgIpc) is 3.09. The lowest BCUT2D eigenvalue weighted by Gasteiger charge is -2.03. The van der Waals surface area contributed by atoms with Crippen LogP contribution in [0.4, 0.5) is 5.69 Å². The van der Waals surface area contributed by atoms with Crippen molar-refractivity contribution in [3.63, 3.8) is 0 Å². The number of aromatic nitrogens is 2. The van der Waals surface area contributed by atoms with Crippen molar-refractivity contribution in [1.29, 1.82) is 0 Å². The molecule has 0 spiro atoms. The summed E-state index contributed by atoms with van der Waals surface area (Å²) in [5.41, 5.74) is 2.23. The second kappa shape index (κ2) is 8.07. The van der Waals surface area contributed by atoms with Gasteiger partial charge in [0.25, 0.3) is 11.8 Å². The fourth-order valence-electron chi connectivity index (χ4n) is 2.13. The molecule has 0 atom stereocenters. The van der Waals surface area contributed by atoms with Gasteiger partial charge in [0.2, 0.25) is 5.01 Å². The molecule has 3 aromatic rings. The summed E-state index contributed by atoms with van der Waals surface area (Å²) in [6, 6.07) is 14.1. The number of rotatable bonds is 5. The van der Waals surface area contributed by atoms with Crippen molar-refractivity contribution in [1.82, 2.24) is 15.5 Å². The van der Waals surface area contributed by atoms with Crippen LogP contribution in [0.3, 0.4) is 0 Å². The molecule has 1 aromatic heterocycles. The maximum absolute atomic E-state index is 12.2. The SMILES string of the molecule is Cc1ccc(C(=O)NCc2nnc(C(=O)Nc3cccc(Cl)c3)s2)cc1. The topological polar surface area (TPSA) is 84.0 Å². The molecule has 0 aliphatic rings. The van der Waals surface area contributed by atoms with E-state index in [4.69, 9.17) is 11.6 Å². The first-order valence-corrected chi connectivity index (χ1v) is 8.95. The van der Waals surface area contributed by atoms with E-state index in [0.29, 0.717) is 21.3 Å². The summed E-state index contributed by atoms with van der Waals surface area (Å²) in [5, 5.41) is 14.6. The van der Waals surface area contributed by atoms with E-state index in [2.05, 4.69) is 20.8 Å². The minimum atomic E-state index is -0.374. The average molecular weight is 387 g/mol. The maximum atomic E-state index is 12.2. The Kier molecular flexibility index (Phi) is 5.60. The van der Waals surface area contributed by atoms with Crippen LogP contribution in [0, 0.1) is 6.92 Å². The maximum Gasteiger partial charge on any atom is 0.286 e. The van der Waals surface area contributed by atoms with Gasteiger partial charge in [-0.25, -0.2) is 0 Å². The first-order valence-electron chi connectivity index (χ1n) is 7.75. The molecule has 0 unspecified atom stereocenters. The fourth-order valence-corrected chi connectivity index (χ4v) is 3.00. The highest BCUT2D eigenvalue weighted by atomic mass is 35.5. The van der Waals surface area contributed by atoms with Gasteiger partial charge in [0.05, 0.1) is 6.54 Å². The van der Waals surface area contributed by atoms with E-state index in [1.165, 1.54) is 0 Å². The molecule has 1 heterocycles. The standard InChI is InChI=1S/C18H15ClN4O2S/c1-11-5-7-12(8-6-11)16(24)20-10-15-22-23-18(26-15)17(25)21-14-4-2-3-13(19)9-14/h2-9H,10H2,1H3,(H,20,24)(H,21,25). The van der Waals surface area contributed by atoms with Crippen molar-refractivity contribution < 1.29 is 9.59 Å². The van der Waals surface area contributed by atoms with E-state index in [1.54, 1.807) is 36.4 Å². The molecule has 0 saturated carbocycles. The number of anilines is 1. The number of hydrogen-bond acceptors (Lipinski definition) is 5. The predicted octanol–water partition coefficient (Wildman–Crippen LogP) is 3.68.